The molecule has 3 aliphatic heterocycles. The highest BCUT2D eigenvalue weighted by molar-refractivity contribution is 4.91. The molecule has 1 N–H and O–H groups in total. The lowest BCUT2D eigenvalue weighted by molar-refractivity contribution is 0.100. The summed E-state index contributed by atoms with van der Waals surface area (Å²) in [7, 11) is 0. The lowest BCUT2D eigenvalue weighted by atomic mass is 9.76. The Morgan fingerprint density at radius 2 is 2.05 bits per heavy atom. The average molecular weight is 279 g/mol. The van der Waals surface area contributed by atoms with Crippen LogP contribution in [0.3, 0.4) is 0 Å². The SMILES string of the molecule is CCCC1(CN2CCCN3CCCC3C2)CCCNC1. The lowest BCUT2D eigenvalue weighted by Gasteiger charge is -2.42. The molecule has 2 atom stereocenters. The number of rotatable bonds is 4. The summed E-state index contributed by atoms with van der Waals surface area (Å²) in [4.78, 5) is 5.57. The van der Waals surface area contributed by atoms with Crippen LogP contribution < -0.4 is 5.32 Å². The molecule has 3 aliphatic rings. The van der Waals surface area contributed by atoms with Crippen molar-refractivity contribution in [2.45, 2.75) is 57.9 Å². The van der Waals surface area contributed by atoms with E-state index in [9.17, 15) is 0 Å². The van der Waals surface area contributed by atoms with Crippen molar-refractivity contribution < 1.29 is 0 Å². The van der Waals surface area contributed by atoms with Crippen LogP contribution >= 0.6 is 0 Å². The first-order chi connectivity index (χ1) is 9.81. The van der Waals surface area contributed by atoms with Gasteiger partial charge in [0.2, 0.25) is 0 Å². The van der Waals surface area contributed by atoms with Gasteiger partial charge in [0, 0.05) is 25.7 Å². The molecule has 0 aromatic rings. The maximum atomic E-state index is 3.67. The van der Waals surface area contributed by atoms with E-state index in [0.717, 1.165) is 6.04 Å². The molecule has 0 aromatic carbocycles. The van der Waals surface area contributed by atoms with Gasteiger partial charge >= 0.3 is 0 Å². The minimum atomic E-state index is 0.570. The highest BCUT2D eigenvalue weighted by atomic mass is 15.3. The molecule has 3 fully saturated rings. The third-order valence-corrected chi connectivity index (χ3v) is 5.79. The van der Waals surface area contributed by atoms with Gasteiger partial charge in [-0.1, -0.05) is 13.3 Å². The first kappa shape index (κ1) is 14.8. The Hall–Kier alpha value is -0.120. The Labute approximate surface area is 125 Å². The summed E-state index contributed by atoms with van der Waals surface area (Å²) in [5.74, 6) is 0. The van der Waals surface area contributed by atoms with E-state index in [1.54, 1.807) is 0 Å². The topological polar surface area (TPSA) is 18.5 Å². The number of nitrogens with zero attached hydrogens (tertiary/aromatic N) is 2. The number of nitrogens with one attached hydrogen (secondary N) is 1. The third kappa shape index (κ3) is 3.37. The molecule has 0 aromatic heterocycles. The van der Waals surface area contributed by atoms with Gasteiger partial charge in [-0.25, -0.2) is 0 Å². The van der Waals surface area contributed by atoms with Gasteiger partial charge in [0.1, 0.15) is 0 Å². The number of hydrogen-bond donors (Lipinski definition) is 1. The summed E-state index contributed by atoms with van der Waals surface area (Å²) in [5.41, 5.74) is 0.570. The summed E-state index contributed by atoms with van der Waals surface area (Å²) in [6.45, 7) is 11.6. The summed E-state index contributed by atoms with van der Waals surface area (Å²) < 4.78 is 0. The van der Waals surface area contributed by atoms with Gasteiger partial charge in [0.05, 0.1) is 0 Å². The summed E-state index contributed by atoms with van der Waals surface area (Å²) in [5, 5.41) is 3.67. The first-order valence-electron chi connectivity index (χ1n) is 8.98. The fraction of sp³-hybridized carbons (Fsp3) is 1.00. The Morgan fingerprint density at radius 1 is 1.15 bits per heavy atom. The molecule has 116 valence electrons. The van der Waals surface area contributed by atoms with Crippen molar-refractivity contribution in [3.63, 3.8) is 0 Å². The van der Waals surface area contributed by atoms with Crippen LogP contribution in [-0.2, 0) is 0 Å². The van der Waals surface area contributed by atoms with Crippen LogP contribution in [0.2, 0.25) is 0 Å². The van der Waals surface area contributed by atoms with Crippen LogP contribution in [0.15, 0.2) is 0 Å². The van der Waals surface area contributed by atoms with Crippen molar-refractivity contribution in [3.05, 3.63) is 0 Å². The molecular weight excluding hydrogens is 246 g/mol. The fourth-order valence-corrected chi connectivity index (χ4v) is 4.89. The highest BCUT2D eigenvalue weighted by Gasteiger charge is 2.35. The van der Waals surface area contributed by atoms with Gasteiger partial charge in [-0.3, -0.25) is 4.90 Å². The highest BCUT2D eigenvalue weighted by Crippen LogP contribution is 2.33. The number of piperidine rings is 1. The lowest BCUT2D eigenvalue weighted by Crippen LogP contribution is -2.49. The second kappa shape index (κ2) is 6.76. The Bertz CT molecular complexity index is 293. The molecule has 3 rings (SSSR count). The molecule has 3 nitrogen and oxygen atoms in total. The largest absolute Gasteiger partial charge is 0.316 e. The van der Waals surface area contributed by atoms with Crippen molar-refractivity contribution in [3.8, 4) is 0 Å². The molecule has 3 saturated heterocycles. The van der Waals surface area contributed by atoms with Gasteiger partial charge in [0.25, 0.3) is 0 Å². The number of fused-ring (bicyclic) bond motifs is 1. The first-order valence-corrected chi connectivity index (χ1v) is 8.98. The molecular formula is C17H33N3. The van der Waals surface area contributed by atoms with Crippen molar-refractivity contribution in [2.75, 3.05) is 45.8 Å². The van der Waals surface area contributed by atoms with E-state index in [4.69, 9.17) is 0 Å². The van der Waals surface area contributed by atoms with E-state index in [1.165, 1.54) is 90.8 Å². The Balaban J connectivity index is 1.61. The van der Waals surface area contributed by atoms with Gasteiger partial charge in [-0.2, -0.15) is 0 Å². The third-order valence-electron chi connectivity index (χ3n) is 5.79. The molecule has 0 bridgehead atoms. The van der Waals surface area contributed by atoms with Crippen LogP contribution in [0.25, 0.3) is 0 Å². The van der Waals surface area contributed by atoms with E-state index < -0.39 is 0 Å². The molecule has 0 radical (unpaired) electrons. The predicted octanol–water partition coefficient (Wildman–Crippen LogP) is 2.33. The molecule has 0 aliphatic carbocycles. The van der Waals surface area contributed by atoms with Crippen molar-refractivity contribution in [1.29, 1.82) is 0 Å². The predicted molar refractivity (Wildman–Crippen MR) is 85.1 cm³/mol. The molecule has 3 heteroatoms. The van der Waals surface area contributed by atoms with E-state index in [2.05, 4.69) is 22.0 Å². The van der Waals surface area contributed by atoms with Gasteiger partial charge < -0.3 is 10.2 Å². The zero-order valence-electron chi connectivity index (χ0n) is 13.4. The quantitative estimate of drug-likeness (QED) is 0.852. The van der Waals surface area contributed by atoms with E-state index >= 15 is 0 Å². The Morgan fingerprint density at radius 3 is 2.85 bits per heavy atom. The second-order valence-electron chi connectivity index (χ2n) is 7.45. The van der Waals surface area contributed by atoms with E-state index in [0.29, 0.717) is 5.41 Å². The monoisotopic (exact) mass is 279 g/mol. The van der Waals surface area contributed by atoms with Gasteiger partial charge in [-0.15, -0.1) is 0 Å². The standard InChI is InChI=1S/C17H33N3/c1-2-7-17(8-4-9-18-14-17)15-19-10-5-12-20-11-3-6-16(20)13-19/h16,18H,2-15H2,1H3. The molecule has 2 unspecified atom stereocenters. The maximum Gasteiger partial charge on any atom is 0.0223 e. The minimum Gasteiger partial charge on any atom is -0.316 e. The molecule has 0 saturated carbocycles. The maximum absolute atomic E-state index is 3.67. The minimum absolute atomic E-state index is 0.570. The van der Waals surface area contributed by atoms with E-state index in [-0.39, 0.29) is 0 Å². The summed E-state index contributed by atoms with van der Waals surface area (Å²) in [6, 6.07) is 0.868. The van der Waals surface area contributed by atoms with Crippen molar-refractivity contribution in [1.82, 2.24) is 15.1 Å². The Kier molecular flexibility index (Phi) is 5.00. The second-order valence-corrected chi connectivity index (χ2v) is 7.45. The zero-order chi connectivity index (χ0) is 13.8. The van der Waals surface area contributed by atoms with E-state index in [1.807, 2.05) is 0 Å². The van der Waals surface area contributed by atoms with Crippen LogP contribution in [0.5, 0.6) is 0 Å². The van der Waals surface area contributed by atoms with Crippen LogP contribution in [0, 0.1) is 5.41 Å². The molecule has 20 heavy (non-hydrogen) atoms. The zero-order valence-corrected chi connectivity index (χ0v) is 13.4. The molecule has 3 heterocycles. The van der Waals surface area contributed by atoms with Crippen LogP contribution in [0.4, 0.5) is 0 Å². The average Bonchev–Trinajstić information content (AvgIpc) is 2.79. The van der Waals surface area contributed by atoms with Crippen LogP contribution in [0.1, 0.15) is 51.9 Å². The van der Waals surface area contributed by atoms with Gasteiger partial charge in [0.15, 0.2) is 0 Å². The molecule has 0 amide bonds. The van der Waals surface area contributed by atoms with Crippen molar-refractivity contribution >= 4 is 0 Å². The summed E-state index contributed by atoms with van der Waals surface area (Å²) >= 11 is 0. The fourth-order valence-electron chi connectivity index (χ4n) is 4.89. The molecule has 0 spiro atoms. The smallest absolute Gasteiger partial charge is 0.0223 e. The number of hydrogen-bond acceptors (Lipinski definition) is 3. The van der Waals surface area contributed by atoms with Crippen molar-refractivity contribution in [2.24, 2.45) is 5.41 Å². The van der Waals surface area contributed by atoms with Crippen LogP contribution in [-0.4, -0.2) is 61.7 Å². The normalized spacial score (nSPS) is 36.8. The summed E-state index contributed by atoms with van der Waals surface area (Å²) in [6.07, 6.45) is 9.82. The van der Waals surface area contributed by atoms with Gasteiger partial charge in [-0.05, 0) is 70.1 Å².